The Hall–Kier alpha value is -4.25. The second-order valence-electron chi connectivity index (χ2n) is 9.21. The van der Waals surface area contributed by atoms with Gasteiger partial charge in [-0.1, -0.05) is 26.0 Å². The first-order chi connectivity index (χ1) is 18.1. The van der Waals surface area contributed by atoms with Crippen molar-refractivity contribution in [3.05, 3.63) is 77.6 Å². The van der Waals surface area contributed by atoms with Crippen molar-refractivity contribution < 1.29 is 33.0 Å². The van der Waals surface area contributed by atoms with Gasteiger partial charge in [0.05, 0.1) is 18.2 Å². The van der Waals surface area contributed by atoms with Crippen molar-refractivity contribution in [2.45, 2.75) is 39.1 Å². The highest BCUT2D eigenvalue weighted by Gasteiger charge is 2.43. The van der Waals surface area contributed by atoms with Crippen LogP contribution in [0.2, 0.25) is 0 Å². The van der Waals surface area contributed by atoms with E-state index in [1.165, 1.54) is 24.4 Å². The molecule has 38 heavy (non-hydrogen) atoms. The number of aromatic nitrogens is 1. The van der Waals surface area contributed by atoms with Crippen LogP contribution in [0.15, 0.2) is 60.8 Å². The number of aliphatic hydroxyl groups is 1. The van der Waals surface area contributed by atoms with Crippen molar-refractivity contribution in [2.75, 3.05) is 17.2 Å². The molecule has 1 aliphatic rings. The number of amides is 2. The van der Waals surface area contributed by atoms with Crippen LogP contribution in [0.3, 0.4) is 0 Å². The molecule has 1 aromatic heterocycles. The van der Waals surface area contributed by atoms with Gasteiger partial charge in [-0.2, -0.15) is 0 Å². The van der Waals surface area contributed by atoms with E-state index in [1.807, 2.05) is 13.8 Å². The Bertz CT molecular complexity index is 1320. The van der Waals surface area contributed by atoms with Crippen LogP contribution in [0.1, 0.15) is 46.7 Å². The third kappa shape index (κ3) is 6.74. The van der Waals surface area contributed by atoms with Crippen molar-refractivity contribution in [1.82, 2.24) is 10.3 Å². The quantitative estimate of drug-likeness (QED) is 0.309. The Labute approximate surface area is 218 Å². The number of pyridine rings is 1. The van der Waals surface area contributed by atoms with E-state index >= 15 is 0 Å². The highest BCUT2D eigenvalue weighted by atomic mass is 19.3. The van der Waals surface area contributed by atoms with Gasteiger partial charge in [-0.25, -0.2) is 0 Å². The Kier molecular flexibility index (Phi) is 8.06. The Morgan fingerprint density at radius 3 is 2.55 bits per heavy atom. The van der Waals surface area contributed by atoms with Crippen LogP contribution in [0, 0.1) is 5.92 Å². The number of halogens is 2. The normalized spacial score (nSPS) is 14.2. The van der Waals surface area contributed by atoms with Crippen LogP contribution in [0.25, 0.3) is 0 Å². The van der Waals surface area contributed by atoms with Gasteiger partial charge in [0.1, 0.15) is 5.69 Å². The van der Waals surface area contributed by atoms with E-state index in [9.17, 15) is 23.5 Å². The van der Waals surface area contributed by atoms with Gasteiger partial charge in [-0.05, 0) is 54.3 Å². The molecule has 200 valence electrons. The minimum atomic E-state index is -3.75. The zero-order chi connectivity index (χ0) is 27.3. The first-order valence-corrected chi connectivity index (χ1v) is 12.0. The number of anilines is 2. The number of aliphatic hydroxyl groups excluding tert-OH is 1. The number of nitrogens with zero attached hydrogens (tertiary/aromatic N) is 1. The molecule has 0 radical (unpaired) electrons. The summed E-state index contributed by atoms with van der Waals surface area (Å²) in [6.45, 7) is 4.14. The van der Waals surface area contributed by atoms with Gasteiger partial charge >= 0.3 is 6.29 Å². The van der Waals surface area contributed by atoms with Crippen molar-refractivity contribution in [3.8, 4) is 11.5 Å². The van der Waals surface area contributed by atoms with E-state index in [4.69, 9.17) is 0 Å². The van der Waals surface area contributed by atoms with Gasteiger partial charge in [0.25, 0.3) is 11.8 Å². The molecular weight excluding hydrogens is 498 g/mol. The molecule has 1 atom stereocenters. The van der Waals surface area contributed by atoms with Crippen LogP contribution >= 0.6 is 0 Å². The van der Waals surface area contributed by atoms with Crippen LogP contribution < -0.4 is 25.4 Å². The summed E-state index contributed by atoms with van der Waals surface area (Å²) in [6, 6.07) is 13.8. The predicted molar refractivity (Wildman–Crippen MR) is 136 cm³/mol. The maximum atomic E-state index is 13.3. The molecule has 2 amide bonds. The lowest BCUT2D eigenvalue weighted by Gasteiger charge is -2.18. The second-order valence-corrected chi connectivity index (χ2v) is 9.21. The highest BCUT2D eigenvalue weighted by molar-refractivity contribution is 6.08. The van der Waals surface area contributed by atoms with Crippen molar-refractivity contribution in [2.24, 2.45) is 5.92 Å². The van der Waals surface area contributed by atoms with E-state index in [-0.39, 0.29) is 41.4 Å². The monoisotopic (exact) mass is 526 g/mol. The average molecular weight is 527 g/mol. The van der Waals surface area contributed by atoms with E-state index < -0.39 is 12.2 Å². The maximum Gasteiger partial charge on any atom is 0.586 e. The minimum absolute atomic E-state index is 0.118. The molecule has 0 saturated heterocycles. The molecule has 1 unspecified atom stereocenters. The number of carbonyl (C=O) groups is 2. The van der Waals surface area contributed by atoms with Gasteiger partial charge in [0, 0.05) is 30.2 Å². The number of nitrogens with one attached hydrogen (secondary N) is 3. The Morgan fingerprint density at radius 1 is 1.03 bits per heavy atom. The summed E-state index contributed by atoms with van der Waals surface area (Å²) in [5, 5.41) is 18.2. The van der Waals surface area contributed by atoms with Gasteiger partial charge in [0.15, 0.2) is 11.5 Å². The number of fused-ring (bicyclic) bond motifs is 1. The van der Waals surface area contributed by atoms with Crippen molar-refractivity contribution in [3.63, 3.8) is 0 Å². The number of carbonyl (C=O) groups excluding carboxylic acids is 2. The number of hydrogen-bond donors (Lipinski definition) is 4. The fourth-order valence-electron chi connectivity index (χ4n) is 3.97. The van der Waals surface area contributed by atoms with Gasteiger partial charge in [0.2, 0.25) is 0 Å². The minimum Gasteiger partial charge on any atom is -0.395 e. The number of ether oxygens (including phenoxy) is 2. The molecule has 11 heteroatoms. The molecule has 0 saturated carbocycles. The first-order valence-electron chi connectivity index (χ1n) is 12.0. The van der Waals surface area contributed by atoms with E-state index in [0.717, 1.165) is 5.56 Å². The third-order valence-corrected chi connectivity index (χ3v) is 5.68. The van der Waals surface area contributed by atoms with Crippen LogP contribution in [-0.2, 0) is 6.54 Å². The van der Waals surface area contributed by atoms with Crippen LogP contribution in [0.4, 0.5) is 20.2 Å². The van der Waals surface area contributed by atoms with Crippen molar-refractivity contribution >= 4 is 23.2 Å². The molecule has 9 nitrogen and oxygen atoms in total. The number of benzene rings is 2. The molecule has 2 aromatic carbocycles. The lowest BCUT2D eigenvalue weighted by molar-refractivity contribution is -0.286. The summed E-state index contributed by atoms with van der Waals surface area (Å²) in [4.78, 5) is 29.7. The second kappa shape index (κ2) is 11.4. The zero-order valence-corrected chi connectivity index (χ0v) is 20.8. The average Bonchev–Trinajstić information content (AvgIpc) is 3.20. The van der Waals surface area contributed by atoms with E-state index in [0.29, 0.717) is 30.1 Å². The molecule has 3 aromatic rings. The zero-order valence-electron chi connectivity index (χ0n) is 20.8. The van der Waals surface area contributed by atoms with Gasteiger partial charge in [-0.3, -0.25) is 14.6 Å². The molecule has 2 heterocycles. The Balaban J connectivity index is 1.41. The molecular formula is C27H28F2N4O5. The smallest absolute Gasteiger partial charge is 0.395 e. The molecule has 0 spiro atoms. The largest absolute Gasteiger partial charge is 0.586 e. The van der Waals surface area contributed by atoms with E-state index in [1.54, 1.807) is 36.4 Å². The van der Waals surface area contributed by atoms with Crippen LogP contribution in [-0.4, -0.2) is 40.8 Å². The van der Waals surface area contributed by atoms with E-state index in [2.05, 4.69) is 30.4 Å². The first kappa shape index (κ1) is 26.8. The lowest BCUT2D eigenvalue weighted by atomic mass is 10.0. The van der Waals surface area contributed by atoms with Crippen LogP contribution in [0.5, 0.6) is 11.5 Å². The van der Waals surface area contributed by atoms with Gasteiger partial charge < -0.3 is 30.5 Å². The number of hydrogen-bond acceptors (Lipinski definition) is 7. The fraction of sp³-hybridized carbons (Fsp3) is 0.296. The molecule has 4 rings (SSSR count). The standard InChI is InChI=1S/C27H28F2N4O5/c1-16(2)11-19(15-34)33-26(36)22-12-17(9-10-30-22)14-31-21-6-4-3-5-20(21)25(35)32-18-7-8-23-24(13-18)38-27(28,29)37-23/h3-10,12-13,16,19,31,34H,11,14-15H2,1-2H3,(H,32,35)(H,33,36). The summed E-state index contributed by atoms with van der Waals surface area (Å²) < 4.78 is 35.4. The topological polar surface area (TPSA) is 122 Å². The Morgan fingerprint density at radius 2 is 1.79 bits per heavy atom. The number of alkyl halides is 2. The van der Waals surface area contributed by atoms with Gasteiger partial charge in [-0.15, -0.1) is 8.78 Å². The predicted octanol–water partition coefficient (Wildman–Crippen LogP) is 4.40. The number of rotatable bonds is 10. The highest BCUT2D eigenvalue weighted by Crippen LogP contribution is 2.42. The maximum absolute atomic E-state index is 13.3. The summed E-state index contributed by atoms with van der Waals surface area (Å²) >= 11 is 0. The summed E-state index contributed by atoms with van der Waals surface area (Å²) in [5.74, 6) is -0.830. The third-order valence-electron chi connectivity index (χ3n) is 5.68. The van der Waals surface area contributed by atoms with Crippen molar-refractivity contribution in [1.29, 1.82) is 0 Å². The molecule has 4 N–H and O–H groups in total. The number of para-hydroxylation sites is 1. The summed E-state index contributed by atoms with van der Waals surface area (Å²) in [7, 11) is 0. The summed E-state index contributed by atoms with van der Waals surface area (Å²) in [5.41, 5.74) is 2.07. The molecule has 0 fully saturated rings. The molecule has 1 aliphatic heterocycles. The molecule has 0 aliphatic carbocycles. The summed E-state index contributed by atoms with van der Waals surface area (Å²) in [6.07, 6.45) is -1.59. The lowest BCUT2D eigenvalue weighted by Crippen LogP contribution is -2.38. The fourth-order valence-corrected chi connectivity index (χ4v) is 3.97. The SMILES string of the molecule is CC(C)CC(CO)NC(=O)c1cc(CNc2ccccc2C(=O)Nc2ccc3c(c2)OC(F)(F)O3)ccn1. The molecule has 0 bridgehead atoms.